The van der Waals surface area contributed by atoms with E-state index in [0.717, 1.165) is 5.69 Å². The number of nitrogens with two attached hydrogens (primary N) is 1. The quantitative estimate of drug-likeness (QED) is 0.813. The summed E-state index contributed by atoms with van der Waals surface area (Å²) in [4.78, 5) is 13.8. The first kappa shape index (κ1) is 13.9. The highest BCUT2D eigenvalue weighted by atomic mass is 35.5. The zero-order valence-electron chi connectivity index (χ0n) is 9.81. The van der Waals surface area contributed by atoms with Gasteiger partial charge in [-0.3, -0.25) is 9.48 Å². The predicted octanol–water partition coefficient (Wildman–Crippen LogP) is 0.980. The van der Waals surface area contributed by atoms with Crippen LogP contribution < -0.4 is 5.73 Å². The zero-order valence-corrected chi connectivity index (χ0v) is 11.4. The summed E-state index contributed by atoms with van der Waals surface area (Å²) in [5, 5.41) is 4.58. The zero-order chi connectivity index (χ0) is 13.0. The van der Waals surface area contributed by atoms with Crippen molar-refractivity contribution in [2.75, 3.05) is 13.6 Å². The number of carbonyl (C=O) groups is 1. The average molecular weight is 275 g/mol. The molecule has 0 unspecified atom stereocenters. The van der Waals surface area contributed by atoms with Gasteiger partial charge in [0.1, 0.15) is 6.54 Å². The van der Waals surface area contributed by atoms with Crippen LogP contribution in [0.2, 0.25) is 5.02 Å². The number of rotatable bonds is 5. The Morgan fingerprint density at radius 3 is 2.82 bits per heavy atom. The average Bonchev–Trinajstić information content (AvgIpc) is 2.57. The number of amides is 1. The van der Waals surface area contributed by atoms with Crippen LogP contribution in [0.4, 0.5) is 0 Å². The van der Waals surface area contributed by atoms with Crippen molar-refractivity contribution in [1.82, 2.24) is 14.7 Å². The Morgan fingerprint density at radius 2 is 2.35 bits per heavy atom. The molecule has 0 aliphatic rings. The lowest BCUT2D eigenvalue weighted by Crippen LogP contribution is -2.33. The van der Waals surface area contributed by atoms with Crippen LogP contribution in [0, 0.1) is 6.92 Å². The minimum atomic E-state index is -0.0517. The molecule has 0 saturated carbocycles. The molecule has 1 rings (SSSR count). The fourth-order valence-electron chi connectivity index (χ4n) is 1.23. The van der Waals surface area contributed by atoms with E-state index in [1.807, 2.05) is 6.92 Å². The van der Waals surface area contributed by atoms with Crippen LogP contribution >= 0.6 is 23.8 Å². The fraction of sp³-hybridized carbons (Fsp3) is 0.500. The van der Waals surface area contributed by atoms with E-state index < -0.39 is 0 Å². The summed E-state index contributed by atoms with van der Waals surface area (Å²) in [5.41, 5.74) is 6.16. The molecule has 1 amide bonds. The summed E-state index contributed by atoms with van der Waals surface area (Å²) in [6.45, 7) is 2.51. The molecule has 0 fully saturated rings. The molecule has 7 heteroatoms. The van der Waals surface area contributed by atoms with Gasteiger partial charge >= 0.3 is 0 Å². The lowest BCUT2D eigenvalue weighted by Gasteiger charge is -2.17. The topological polar surface area (TPSA) is 64.2 Å². The molecule has 0 atom stereocenters. The van der Waals surface area contributed by atoms with Crippen LogP contribution in [-0.2, 0) is 11.3 Å². The van der Waals surface area contributed by atoms with E-state index in [1.54, 1.807) is 16.6 Å². The molecule has 0 radical (unpaired) electrons. The van der Waals surface area contributed by atoms with Gasteiger partial charge in [0.15, 0.2) is 0 Å². The monoisotopic (exact) mass is 274 g/mol. The van der Waals surface area contributed by atoms with Crippen molar-refractivity contribution in [2.45, 2.75) is 19.9 Å². The maximum atomic E-state index is 11.8. The van der Waals surface area contributed by atoms with E-state index in [4.69, 9.17) is 29.6 Å². The second-order valence-corrected chi connectivity index (χ2v) is 4.70. The van der Waals surface area contributed by atoms with E-state index in [-0.39, 0.29) is 12.5 Å². The number of hydrogen-bond donors (Lipinski definition) is 1. The van der Waals surface area contributed by atoms with Gasteiger partial charge in [0.25, 0.3) is 0 Å². The highest BCUT2D eigenvalue weighted by Gasteiger charge is 2.12. The molecule has 5 nitrogen and oxygen atoms in total. The summed E-state index contributed by atoms with van der Waals surface area (Å²) in [6.07, 6.45) is 2.05. The highest BCUT2D eigenvalue weighted by molar-refractivity contribution is 7.80. The van der Waals surface area contributed by atoms with E-state index in [1.165, 1.54) is 6.20 Å². The minimum Gasteiger partial charge on any atom is -0.393 e. The third-order valence-corrected chi connectivity index (χ3v) is 3.02. The number of aromatic nitrogens is 2. The SMILES string of the molecule is Cc1c(Cl)cnn1CC(=O)N(C)CCC(N)=S. The number of likely N-dealkylation sites (N-methyl/N-ethyl adjacent to an activating group) is 1. The summed E-state index contributed by atoms with van der Waals surface area (Å²) >= 11 is 10.6. The van der Waals surface area contributed by atoms with Crippen molar-refractivity contribution in [3.05, 3.63) is 16.9 Å². The first-order valence-electron chi connectivity index (χ1n) is 5.12. The van der Waals surface area contributed by atoms with Crippen LogP contribution in [0.5, 0.6) is 0 Å². The van der Waals surface area contributed by atoms with Crippen molar-refractivity contribution >= 4 is 34.7 Å². The molecule has 0 bridgehead atoms. The molecule has 2 N–H and O–H groups in total. The highest BCUT2D eigenvalue weighted by Crippen LogP contribution is 2.13. The molecule has 1 aromatic rings. The molecule has 0 spiro atoms. The lowest BCUT2D eigenvalue weighted by atomic mass is 10.4. The van der Waals surface area contributed by atoms with E-state index >= 15 is 0 Å². The van der Waals surface area contributed by atoms with Gasteiger partial charge in [0.2, 0.25) is 5.91 Å². The smallest absolute Gasteiger partial charge is 0.244 e. The van der Waals surface area contributed by atoms with Gasteiger partial charge < -0.3 is 10.6 Å². The van der Waals surface area contributed by atoms with Crippen molar-refractivity contribution in [3.8, 4) is 0 Å². The molecule has 0 aliphatic heterocycles. The van der Waals surface area contributed by atoms with Gasteiger partial charge in [-0.25, -0.2) is 0 Å². The number of halogens is 1. The second-order valence-electron chi connectivity index (χ2n) is 3.77. The molecular weight excluding hydrogens is 260 g/mol. The van der Waals surface area contributed by atoms with Gasteiger partial charge in [0.05, 0.1) is 21.9 Å². The Bertz CT molecular complexity index is 432. The fourth-order valence-corrected chi connectivity index (χ4v) is 1.47. The van der Waals surface area contributed by atoms with Crippen LogP contribution in [0.25, 0.3) is 0 Å². The Morgan fingerprint density at radius 1 is 1.71 bits per heavy atom. The second kappa shape index (κ2) is 5.97. The Balaban J connectivity index is 2.54. The molecule has 1 heterocycles. The minimum absolute atomic E-state index is 0.0517. The Hall–Kier alpha value is -1.14. The maximum absolute atomic E-state index is 11.8. The van der Waals surface area contributed by atoms with Crippen LogP contribution in [0.3, 0.4) is 0 Å². The number of nitrogens with zero attached hydrogens (tertiary/aromatic N) is 3. The molecule has 94 valence electrons. The Kier molecular flexibility index (Phi) is 4.89. The summed E-state index contributed by atoms with van der Waals surface area (Å²) in [7, 11) is 1.71. The van der Waals surface area contributed by atoms with Crippen molar-refractivity contribution in [3.63, 3.8) is 0 Å². The van der Waals surface area contributed by atoms with Gasteiger partial charge in [0, 0.05) is 20.0 Å². The molecular formula is C10H15ClN4OS. The van der Waals surface area contributed by atoms with Crippen LogP contribution in [0.1, 0.15) is 12.1 Å². The first-order valence-corrected chi connectivity index (χ1v) is 5.90. The van der Waals surface area contributed by atoms with Crippen molar-refractivity contribution in [1.29, 1.82) is 0 Å². The third-order valence-electron chi connectivity index (χ3n) is 2.45. The number of hydrogen-bond acceptors (Lipinski definition) is 3. The van der Waals surface area contributed by atoms with Gasteiger partial charge in [-0.15, -0.1) is 0 Å². The normalized spacial score (nSPS) is 10.3. The molecule has 0 aromatic carbocycles. The maximum Gasteiger partial charge on any atom is 0.244 e. The molecule has 0 aliphatic carbocycles. The van der Waals surface area contributed by atoms with Gasteiger partial charge in [-0.2, -0.15) is 5.10 Å². The molecule has 0 saturated heterocycles. The largest absolute Gasteiger partial charge is 0.393 e. The van der Waals surface area contributed by atoms with E-state index in [2.05, 4.69) is 5.10 Å². The molecule has 17 heavy (non-hydrogen) atoms. The lowest BCUT2D eigenvalue weighted by molar-refractivity contribution is -0.130. The van der Waals surface area contributed by atoms with Gasteiger partial charge in [-0.05, 0) is 6.92 Å². The number of carbonyl (C=O) groups excluding carboxylic acids is 1. The summed E-state index contributed by atoms with van der Waals surface area (Å²) < 4.78 is 1.57. The molecule has 1 aromatic heterocycles. The number of thiocarbonyl (C=S) groups is 1. The van der Waals surface area contributed by atoms with E-state index in [0.29, 0.717) is 23.0 Å². The summed E-state index contributed by atoms with van der Waals surface area (Å²) in [5.74, 6) is -0.0517. The van der Waals surface area contributed by atoms with Crippen molar-refractivity contribution in [2.24, 2.45) is 5.73 Å². The van der Waals surface area contributed by atoms with Crippen molar-refractivity contribution < 1.29 is 4.79 Å². The third kappa shape index (κ3) is 3.98. The summed E-state index contributed by atoms with van der Waals surface area (Å²) in [6, 6.07) is 0. The standard InChI is InChI=1S/C10H15ClN4OS/c1-7-8(11)5-13-15(7)6-10(16)14(2)4-3-9(12)17/h5H,3-4,6H2,1-2H3,(H2,12,17). The van der Waals surface area contributed by atoms with Crippen LogP contribution in [0.15, 0.2) is 6.20 Å². The van der Waals surface area contributed by atoms with E-state index in [9.17, 15) is 4.79 Å². The Labute approximate surface area is 111 Å². The predicted molar refractivity (Wildman–Crippen MR) is 71.0 cm³/mol. The van der Waals surface area contributed by atoms with Gasteiger partial charge in [-0.1, -0.05) is 23.8 Å². The first-order chi connectivity index (χ1) is 7.91. The van der Waals surface area contributed by atoms with Crippen LogP contribution in [-0.4, -0.2) is 39.2 Å².